The SMILES string of the molecule is CCCCOc1nc(NCc2ccc(OC)cc2)c2cnn(CC3=CCC(CN4CCC4)C=C3)c2n1. The van der Waals surface area contributed by atoms with E-state index in [1.165, 1.54) is 31.6 Å². The standard InChI is InChI=1S/C28H36N6O2/c1-3-4-16-36-28-31-26(29-17-21-10-12-24(35-2)13-11-21)25-18-30-34(27(25)32-28)20-23-8-6-22(7-9-23)19-33-14-5-15-33/h6,8-13,18,22H,3-5,7,14-17,19-20H2,1-2H3,(H,29,31,32). The van der Waals surface area contributed by atoms with Crippen molar-refractivity contribution in [2.45, 2.75) is 45.7 Å². The number of fused-ring (bicyclic) bond motifs is 1. The minimum Gasteiger partial charge on any atom is -0.497 e. The van der Waals surface area contributed by atoms with Crippen LogP contribution in [0.2, 0.25) is 0 Å². The first-order chi connectivity index (χ1) is 17.7. The molecule has 0 spiro atoms. The number of rotatable bonds is 12. The third-order valence-electron chi connectivity index (χ3n) is 6.86. The van der Waals surface area contributed by atoms with Gasteiger partial charge in [-0.25, -0.2) is 4.68 Å². The maximum atomic E-state index is 5.91. The lowest BCUT2D eigenvalue weighted by Crippen LogP contribution is -2.40. The molecule has 8 heteroatoms. The molecule has 2 aromatic heterocycles. The highest BCUT2D eigenvalue weighted by molar-refractivity contribution is 5.86. The van der Waals surface area contributed by atoms with Gasteiger partial charge >= 0.3 is 6.01 Å². The fraction of sp³-hybridized carbons (Fsp3) is 0.464. The van der Waals surface area contributed by atoms with E-state index in [1.807, 2.05) is 35.1 Å². The van der Waals surface area contributed by atoms with E-state index in [4.69, 9.17) is 14.5 Å². The van der Waals surface area contributed by atoms with Gasteiger partial charge in [0, 0.05) is 13.1 Å². The Kier molecular flexibility index (Phi) is 7.81. The first kappa shape index (κ1) is 24.3. The molecule has 0 saturated carbocycles. The Balaban J connectivity index is 1.32. The zero-order chi connectivity index (χ0) is 24.7. The number of hydrogen-bond acceptors (Lipinski definition) is 7. The van der Waals surface area contributed by atoms with Crippen LogP contribution in [0.4, 0.5) is 5.82 Å². The number of nitrogens with zero attached hydrogens (tertiary/aromatic N) is 5. The first-order valence-electron chi connectivity index (χ1n) is 13.0. The lowest BCUT2D eigenvalue weighted by Gasteiger charge is -2.33. The lowest BCUT2D eigenvalue weighted by molar-refractivity contribution is 0.163. The topological polar surface area (TPSA) is 77.3 Å². The van der Waals surface area contributed by atoms with Crippen molar-refractivity contribution in [2.24, 2.45) is 5.92 Å². The minimum absolute atomic E-state index is 0.387. The number of unbranched alkanes of at least 4 members (excludes halogenated alkanes) is 1. The third kappa shape index (κ3) is 5.87. The number of benzene rings is 1. The average molecular weight is 489 g/mol. The maximum Gasteiger partial charge on any atom is 0.320 e. The molecule has 3 aromatic rings. The number of anilines is 1. The molecule has 1 unspecified atom stereocenters. The zero-order valence-corrected chi connectivity index (χ0v) is 21.3. The van der Waals surface area contributed by atoms with Crippen LogP contribution in [0, 0.1) is 5.92 Å². The largest absolute Gasteiger partial charge is 0.497 e. The summed E-state index contributed by atoms with van der Waals surface area (Å²) in [6, 6.07) is 8.40. The summed E-state index contributed by atoms with van der Waals surface area (Å²) in [7, 11) is 1.67. The van der Waals surface area contributed by atoms with Crippen LogP contribution >= 0.6 is 0 Å². The van der Waals surface area contributed by atoms with E-state index < -0.39 is 0 Å². The number of allylic oxidation sites excluding steroid dienone is 3. The van der Waals surface area contributed by atoms with E-state index >= 15 is 0 Å². The van der Waals surface area contributed by atoms with E-state index in [0.29, 0.717) is 31.6 Å². The number of methoxy groups -OCH3 is 1. The van der Waals surface area contributed by atoms with Gasteiger partial charge in [-0.05, 0) is 61.5 Å². The van der Waals surface area contributed by atoms with E-state index in [2.05, 4.69) is 45.5 Å². The van der Waals surface area contributed by atoms with Crippen molar-refractivity contribution in [3.05, 3.63) is 59.8 Å². The molecule has 5 rings (SSSR count). The Labute approximate surface area is 213 Å². The Morgan fingerprint density at radius 3 is 2.69 bits per heavy atom. The summed E-state index contributed by atoms with van der Waals surface area (Å²) in [5, 5.41) is 9.03. The van der Waals surface area contributed by atoms with Gasteiger partial charge in [0.1, 0.15) is 11.6 Å². The number of ether oxygens (including phenoxy) is 2. The average Bonchev–Trinajstić information content (AvgIpc) is 3.29. The summed E-state index contributed by atoms with van der Waals surface area (Å²) in [5.41, 5.74) is 3.18. The van der Waals surface area contributed by atoms with Gasteiger partial charge in [0.05, 0.1) is 31.8 Å². The molecule has 0 bridgehead atoms. The van der Waals surface area contributed by atoms with Crippen LogP contribution in [-0.2, 0) is 13.1 Å². The van der Waals surface area contributed by atoms with Crippen molar-refractivity contribution in [3.63, 3.8) is 0 Å². The Morgan fingerprint density at radius 2 is 2.00 bits per heavy atom. The van der Waals surface area contributed by atoms with E-state index in [1.54, 1.807) is 7.11 Å². The first-order valence-corrected chi connectivity index (χ1v) is 13.0. The van der Waals surface area contributed by atoms with Gasteiger partial charge < -0.3 is 19.7 Å². The number of aromatic nitrogens is 4. The van der Waals surface area contributed by atoms with Gasteiger partial charge in [0.15, 0.2) is 5.65 Å². The summed E-state index contributed by atoms with van der Waals surface area (Å²) in [6.45, 7) is 7.71. The monoisotopic (exact) mass is 488 g/mol. The second kappa shape index (κ2) is 11.6. The Morgan fingerprint density at radius 1 is 1.14 bits per heavy atom. The number of nitrogens with one attached hydrogen (secondary N) is 1. The predicted octanol–water partition coefficient (Wildman–Crippen LogP) is 4.83. The van der Waals surface area contributed by atoms with Crippen LogP contribution in [0.1, 0.15) is 38.2 Å². The fourth-order valence-electron chi connectivity index (χ4n) is 4.52. The van der Waals surface area contributed by atoms with Gasteiger partial charge in [-0.1, -0.05) is 43.7 Å². The Hall–Kier alpha value is -3.39. The van der Waals surface area contributed by atoms with E-state index in [0.717, 1.165) is 47.4 Å². The van der Waals surface area contributed by atoms with Crippen molar-refractivity contribution in [1.29, 1.82) is 0 Å². The van der Waals surface area contributed by atoms with Crippen LogP contribution in [0.3, 0.4) is 0 Å². The zero-order valence-electron chi connectivity index (χ0n) is 21.3. The molecule has 1 fully saturated rings. The molecule has 2 aliphatic rings. The normalized spacial score (nSPS) is 17.6. The molecule has 1 aliphatic heterocycles. The molecule has 1 N–H and O–H groups in total. The lowest BCUT2D eigenvalue weighted by atomic mass is 9.95. The molecule has 1 aliphatic carbocycles. The second-order valence-electron chi connectivity index (χ2n) is 9.59. The Bertz CT molecular complexity index is 1210. The molecular weight excluding hydrogens is 452 g/mol. The molecule has 0 radical (unpaired) electrons. The molecule has 8 nitrogen and oxygen atoms in total. The molecule has 1 aromatic carbocycles. The summed E-state index contributed by atoms with van der Waals surface area (Å²) in [4.78, 5) is 11.9. The quantitative estimate of drug-likeness (QED) is 0.366. The summed E-state index contributed by atoms with van der Waals surface area (Å²) >= 11 is 0. The smallest absolute Gasteiger partial charge is 0.320 e. The van der Waals surface area contributed by atoms with Crippen molar-refractivity contribution in [2.75, 3.05) is 38.7 Å². The summed E-state index contributed by atoms with van der Waals surface area (Å²) in [5.74, 6) is 2.18. The van der Waals surface area contributed by atoms with Crippen LogP contribution in [0.15, 0.2) is 54.3 Å². The highest BCUT2D eigenvalue weighted by Crippen LogP contribution is 2.26. The van der Waals surface area contributed by atoms with E-state index in [-0.39, 0.29) is 0 Å². The van der Waals surface area contributed by atoms with Crippen molar-refractivity contribution in [3.8, 4) is 11.8 Å². The molecule has 190 valence electrons. The van der Waals surface area contributed by atoms with Gasteiger partial charge in [-0.2, -0.15) is 15.1 Å². The summed E-state index contributed by atoms with van der Waals surface area (Å²) in [6.07, 6.45) is 13.2. The molecular formula is C28H36N6O2. The van der Waals surface area contributed by atoms with Crippen LogP contribution in [-0.4, -0.2) is 58.0 Å². The van der Waals surface area contributed by atoms with E-state index in [9.17, 15) is 0 Å². The van der Waals surface area contributed by atoms with Gasteiger partial charge in [-0.15, -0.1) is 0 Å². The highest BCUT2D eigenvalue weighted by Gasteiger charge is 2.19. The number of likely N-dealkylation sites (tertiary alicyclic amines) is 1. The fourth-order valence-corrected chi connectivity index (χ4v) is 4.52. The molecule has 36 heavy (non-hydrogen) atoms. The molecule has 1 atom stereocenters. The molecule has 0 amide bonds. The summed E-state index contributed by atoms with van der Waals surface area (Å²) < 4.78 is 13.1. The number of hydrogen-bond donors (Lipinski definition) is 1. The highest BCUT2D eigenvalue weighted by atomic mass is 16.5. The maximum absolute atomic E-state index is 5.91. The molecule has 1 saturated heterocycles. The van der Waals surface area contributed by atoms with Gasteiger partial charge in [-0.3, -0.25) is 0 Å². The minimum atomic E-state index is 0.387. The van der Waals surface area contributed by atoms with Crippen molar-refractivity contribution in [1.82, 2.24) is 24.6 Å². The van der Waals surface area contributed by atoms with Gasteiger partial charge in [0.2, 0.25) is 0 Å². The van der Waals surface area contributed by atoms with Crippen LogP contribution < -0.4 is 14.8 Å². The second-order valence-corrected chi connectivity index (χ2v) is 9.59. The van der Waals surface area contributed by atoms with Crippen LogP contribution in [0.5, 0.6) is 11.8 Å². The predicted molar refractivity (Wildman–Crippen MR) is 142 cm³/mol. The van der Waals surface area contributed by atoms with Crippen molar-refractivity contribution < 1.29 is 9.47 Å². The molecule has 3 heterocycles. The van der Waals surface area contributed by atoms with Crippen molar-refractivity contribution >= 4 is 16.9 Å². The van der Waals surface area contributed by atoms with Gasteiger partial charge in [0.25, 0.3) is 0 Å². The third-order valence-corrected chi connectivity index (χ3v) is 6.86. The van der Waals surface area contributed by atoms with Crippen LogP contribution in [0.25, 0.3) is 11.0 Å².